The van der Waals surface area contributed by atoms with Crippen LogP contribution < -0.4 is 0 Å². The minimum atomic E-state index is 0.00918. The van der Waals surface area contributed by atoms with Crippen LogP contribution in [0.2, 0.25) is 0 Å². The Morgan fingerprint density at radius 3 is 3.13 bits per heavy atom. The van der Waals surface area contributed by atoms with E-state index < -0.39 is 0 Å². The summed E-state index contributed by atoms with van der Waals surface area (Å²) in [5.41, 5.74) is 1.03. The monoisotopic (exact) mass is 332 g/mol. The predicted molar refractivity (Wildman–Crippen MR) is 82.8 cm³/mol. The summed E-state index contributed by atoms with van der Waals surface area (Å²) in [6.07, 6.45) is 1.59. The largest absolute Gasteiger partial charge is 0.459 e. The van der Waals surface area contributed by atoms with Crippen molar-refractivity contribution in [3.8, 4) is 11.7 Å². The lowest BCUT2D eigenvalue weighted by Gasteiger charge is -2.30. The van der Waals surface area contributed by atoms with Crippen molar-refractivity contribution < 1.29 is 13.6 Å². The van der Waals surface area contributed by atoms with Gasteiger partial charge in [-0.05, 0) is 19.1 Å². The van der Waals surface area contributed by atoms with Crippen molar-refractivity contribution in [1.29, 1.82) is 0 Å². The second-order valence-corrected chi connectivity index (χ2v) is 6.29. The highest BCUT2D eigenvalue weighted by Gasteiger charge is 2.25. The third-order valence-electron chi connectivity index (χ3n) is 3.62. The molecule has 0 amide bonds. The van der Waals surface area contributed by atoms with Crippen LogP contribution in [0.25, 0.3) is 11.7 Å². The minimum Gasteiger partial charge on any atom is -0.459 e. The number of hydrogen-bond donors (Lipinski definition) is 0. The zero-order valence-corrected chi connectivity index (χ0v) is 13.5. The molecule has 23 heavy (non-hydrogen) atoms. The van der Waals surface area contributed by atoms with E-state index >= 15 is 0 Å². The molecular weight excluding hydrogens is 316 g/mol. The molecule has 0 radical (unpaired) electrons. The van der Waals surface area contributed by atoms with Crippen LogP contribution in [0.15, 0.2) is 32.6 Å². The number of aryl methyl sites for hydroxylation is 1. The highest BCUT2D eigenvalue weighted by molar-refractivity contribution is 7.09. The highest BCUT2D eigenvalue weighted by Crippen LogP contribution is 2.26. The van der Waals surface area contributed by atoms with Crippen LogP contribution in [-0.2, 0) is 11.3 Å². The maximum Gasteiger partial charge on any atom is 0.283 e. The molecule has 0 bridgehead atoms. The smallest absolute Gasteiger partial charge is 0.283 e. The number of rotatable bonds is 4. The molecule has 0 N–H and O–H groups in total. The number of nitrogens with zero attached hydrogens (tertiary/aromatic N) is 4. The van der Waals surface area contributed by atoms with Gasteiger partial charge in [0.25, 0.3) is 5.89 Å². The van der Waals surface area contributed by atoms with Gasteiger partial charge in [0, 0.05) is 24.2 Å². The quantitative estimate of drug-likeness (QED) is 0.727. The molecule has 1 aliphatic rings. The number of thiazole rings is 1. The molecule has 3 aromatic rings. The van der Waals surface area contributed by atoms with Crippen molar-refractivity contribution in [2.24, 2.45) is 0 Å². The standard InChI is InChI=1S/C15H16N4O3S/c1-10-9-23-15(16-10)12-7-19(4-6-21-12)8-13-17-18-14(22-13)11-3-2-5-20-11/h2-3,5,9,12H,4,6-8H2,1H3/t12-/m1/s1. The van der Waals surface area contributed by atoms with Gasteiger partial charge in [-0.2, -0.15) is 0 Å². The van der Waals surface area contributed by atoms with E-state index in [1.165, 1.54) is 0 Å². The van der Waals surface area contributed by atoms with Crippen LogP contribution in [0, 0.1) is 6.92 Å². The normalized spacial score (nSPS) is 19.3. The highest BCUT2D eigenvalue weighted by atomic mass is 32.1. The van der Waals surface area contributed by atoms with Crippen LogP contribution in [-0.4, -0.2) is 39.8 Å². The summed E-state index contributed by atoms with van der Waals surface area (Å²) in [5.74, 6) is 1.57. The van der Waals surface area contributed by atoms with Crippen molar-refractivity contribution in [3.05, 3.63) is 40.4 Å². The lowest BCUT2D eigenvalue weighted by molar-refractivity contribution is -0.0352. The molecule has 4 heterocycles. The average molecular weight is 332 g/mol. The molecule has 8 heteroatoms. The van der Waals surface area contributed by atoms with Gasteiger partial charge in [-0.1, -0.05) is 0 Å². The second kappa shape index (κ2) is 6.23. The molecule has 0 aliphatic carbocycles. The minimum absolute atomic E-state index is 0.00918. The summed E-state index contributed by atoms with van der Waals surface area (Å²) in [5, 5.41) is 11.2. The SMILES string of the molecule is Cc1csc([C@H]2CN(Cc3nnc(-c4ccco4)o3)CCO2)n1. The maximum atomic E-state index is 5.83. The van der Waals surface area contributed by atoms with E-state index in [1.54, 1.807) is 29.7 Å². The van der Waals surface area contributed by atoms with Crippen LogP contribution in [0.1, 0.15) is 22.7 Å². The summed E-state index contributed by atoms with van der Waals surface area (Å²) in [4.78, 5) is 6.76. The Morgan fingerprint density at radius 2 is 2.35 bits per heavy atom. The molecule has 0 saturated carbocycles. The Morgan fingerprint density at radius 1 is 1.39 bits per heavy atom. The first-order valence-corrected chi connectivity index (χ1v) is 8.28. The summed E-state index contributed by atoms with van der Waals surface area (Å²) in [6.45, 7) is 4.86. The Bertz CT molecular complexity index is 767. The van der Waals surface area contributed by atoms with Gasteiger partial charge in [0.05, 0.1) is 19.4 Å². The first-order chi connectivity index (χ1) is 11.3. The maximum absolute atomic E-state index is 5.83. The zero-order chi connectivity index (χ0) is 15.6. The molecule has 1 atom stereocenters. The van der Waals surface area contributed by atoms with Crippen LogP contribution in [0.3, 0.4) is 0 Å². The van der Waals surface area contributed by atoms with Crippen molar-refractivity contribution in [3.63, 3.8) is 0 Å². The van der Waals surface area contributed by atoms with Crippen LogP contribution in [0.5, 0.6) is 0 Å². The average Bonchev–Trinajstić information content (AvgIpc) is 3.28. The van der Waals surface area contributed by atoms with Gasteiger partial charge in [0.1, 0.15) is 11.1 Å². The van der Waals surface area contributed by atoms with Crippen molar-refractivity contribution >= 4 is 11.3 Å². The lowest BCUT2D eigenvalue weighted by atomic mass is 10.3. The van der Waals surface area contributed by atoms with Crippen molar-refractivity contribution in [2.75, 3.05) is 19.7 Å². The van der Waals surface area contributed by atoms with Gasteiger partial charge in [-0.3, -0.25) is 4.90 Å². The lowest BCUT2D eigenvalue weighted by Crippen LogP contribution is -2.37. The molecule has 3 aromatic heterocycles. The number of furan rings is 1. The van der Waals surface area contributed by atoms with E-state index in [0.717, 1.165) is 23.8 Å². The van der Waals surface area contributed by atoms with Crippen LogP contribution in [0.4, 0.5) is 0 Å². The molecule has 0 unspecified atom stereocenters. The zero-order valence-electron chi connectivity index (χ0n) is 12.6. The van der Waals surface area contributed by atoms with E-state index in [-0.39, 0.29) is 6.10 Å². The number of hydrogen-bond acceptors (Lipinski definition) is 8. The van der Waals surface area contributed by atoms with Gasteiger partial charge in [0.2, 0.25) is 5.89 Å². The fraction of sp³-hybridized carbons (Fsp3) is 0.400. The van der Waals surface area contributed by atoms with Crippen LogP contribution >= 0.6 is 11.3 Å². The molecule has 4 rings (SSSR count). The summed E-state index contributed by atoms with van der Waals surface area (Å²) in [7, 11) is 0. The summed E-state index contributed by atoms with van der Waals surface area (Å²) in [6, 6.07) is 3.59. The number of aromatic nitrogens is 3. The number of ether oxygens (including phenoxy) is 1. The number of morpholine rings is 1. The molecule has 0 aromatic carbocycles. The van der Waals surface area contributed by atoms with Gasteiger partial charge in [0.15, 0.2) is 5.76 Å². The Kier molecular flexibility index (Phi) is 3.94. The van der Waals surface area contributed by atoms with E-state index in [0.29, 0.717) is 30.7 Å². The molecule has 1 fully saturated rings. The van der Waals surface area contributed by atoms with Crippen molar-refractivity contribution in [1.82, 2.24) is 20.1 Å². The second-order valence-electron chi connectivity index (χ2n) is 5.40. The Hall–Kier alpha value is -2.03. The summed E-state index contributed by atoms with van der Waals surface area (Å²) < 4.78 is 16.8. The molecular formula is C15H16N4O3S. The van der Waals surface area contributed by atoms with Gasteiger partial charge >= 0.3 is 0 Å². The topological polar surface area (TPSA) is 77.4 Å². The fourth-order valence-electron chi connectivity index (χ4n) is 2.52. The first-order valence-electron chi connectivity index (χ1n) is 7.40. The third kappa shape index (κ3) is 3.19. The van der Waals surface area contributed by atoms with E-state index in [2.05, 4.69) is 20.1 Å². The summed E-state index contributed by atoms with van der Waals surface area (Å²) >= 11 is 1.64. The molecule has 1 aliphatic heterocycles. The van der Waals surface area contributed by atoms with Gasteiger partial charge in [-0.15, -0.1) is 21.5 Å². The van der Waals surface area contributed by atoms with E-state index in [4.69, 9.17) is 13.6 Å². The molecule has 0 spiro atoms. The van der Waals surface area contributed by atoms with Crippen molar-refractivity contribution in [2.45, 2.75) is 19.6 Å². The fourth-order valence-corrected chi connectivity index (χ4v) is 3.36. The van der Waals surface area contributed by atoms with E-state index in [9.17, 15) is 0 Å². The first kappa shape index (κ1) is 14.6. The van der Waals surface area contributed by atoms with E-state index in [1.807, 2.05) is 12.3 Å². The molecule has 120 valence electrons. The predicted octanol–water partition coefficient (Wildman–Crippen LogP) is 2.67. The third-order valence-corrected chi connectivity index (χ3v) is 4.68. The molecule has 1 saturated heterocycles. The Balaban J connectivity index is 1.42. The molecule has 7 nitrogen and oxygen atoms in total. The van der Waals surface area contributed by atoms with Gasteiger partial charge < -0.3 is 13.6 Å². The Labute approximate surface area is 136 Å². The van der Waals surface area contributed by atoms with Gasteiger partial charge in [-0.25, -0.2) is 4.98 Å².